The first kappa shape index (κ1) is 18.4. The third kappa shape index (κ3) is 3.69. The molecule has 0 spiro atoms. The van der Waals surface area contributed by atoms with Crippen LogP contribution in [-0.2, 0) is 4.74 Å². The Bertz CT molecular complexity index is 1050. The Morgan fingerprint density at radius 1 is 1.21 bits per heavy atom. The van der Waals surface area contributed by atoms with E-state index in [1.165, 1.54) is 17.8 Å². The number of piperidine rings is 1. The summed E-state index contributed by atoms with van der Waals surface area (Å²) in [6.45, 7) is 3.69. The molecular weight excluding hydrogens is 372 g/mol. The second-order valence-electron chi connectivity index (χ2n) is 6.85. The number of benzene rings is 1. The number of pyridine rings is 1. The number of hydrogen-bond donors (Lipinski definition) is 0. The van der Waals surface area contributed by atoms with Gasteiger partial charge in [-0.2, -0.15) is 10.2 Å². The normalized spacial score (nSPS) is 14.1. The number of fused-ring (bicyclic) bond motifs is 1. The van der Waals surface area contributed by atoms with Gasteiger partial charge >= 0.3 is 5.97 Å². The van der Waals surface area contributed by atoms with Crippen molar-refractivity contribution in [3.63, 3.8) is 0 Å². The maximum Gasteiger partial charge on any atom is 0.340 e. The predicted molar refractivity (Wildman–Crippen MR) is 110 cm³/mol. The summed E-state index contributed by atoms with van der Waals surface area (Å²) in [4.78, 5) is 24.3. The maximum absolute atomic E-state index is 12.6. The van der Waals surface area contributed by atoms with Crippen molar-refractivity contribution in [1.29, 1.82) is 5.26 Å². The monoisotopic (exact) mass is 392 g/mol. The van der Waals surface area contributed by atoms with Crippen LogP contribution in [0.4, 0.5) is 5.13 Å². The molecule has 0 amide bonds. The van der Waals surface area contributed by atoms with Gasteiger partial charge in [0.1, 0.15) is 6.07 Å². The average molecular weight is 392 g/mol. The summed E-state index contributed by atoms with van der Waals surface area (Å²) in [7, 11) is 0. The van der Waals surface area contributed by atoms with Crippen molar-refractivity contribution in [3.8, 4) is 17.3 Å². The second-order valence-corrected chi connectivity index (χ2v) is 7.83. The number of nitriles is 1. The third-order valence-corrected chi connectivity index (χ3v) is 5.95. The molecule has 0 N–H and O–H groups in total. The summed E-state index contributed by atoms with van der Waals surface area (Å²) >= 11 is 1.47. The van der Waals surface area contributed by atoms with Gasteiger partial charge in [-0.15, -0.1) is 0 Å². The highest BCUT2D eigenvalue weighted by molar-refractivity contribution is 7.22. The molecule has 0 radical (unpaired) electrons. The lowest BCUT2D eigenvalue weighted by molar-refractivity contribution is 0.0557. The number of aromatic nitrogens is 2. The van der Waals surface area contributed by atoms with Crippen LogP contribution in [0.25, 0.3) is 21.6 Å². The SMILES string of the molecule is Cc1ccc(-c2cc(C(=O)OCC#N)c3sc(N4CCCCC4)nc3n2)cc1. The second kappa shape index (κ2) is 7.95. The van der Waals surface area contributed by atoms with E-state index in [1.54, 1.807) is 6.07 Å². The van der Waals surface area contributed by atoms with Gasteiger partial charge in [0, 0.05) is 18.7 Å². The van der Waals surface area contributed by atoms with Gasteiger partial charge in [0.2, 0.25) is 0 Å². The first-order valence-electron chi connectivity index (χ1n) is 9.33. The highest BCUT2D eigenvalue weighted by Crippen LogP contribution is 2.34. The molecule has 4 rings (SSSR count). The van der Waals surface area contributed by atoms with Gasteiger partial charge in [0.25, 0.3) is 0 Å². The van der Waals surface area contributed by atoms with Gasteiger partial charge in [0.05, 0.1) is 16.0 Å². The molecule has 0 aliphatic carbocycles. The molecule has 1 aromatic carbocycles. The van der Waals surface area contributed by atoms with Crippen LogP contribution < -0.4 is 4.90 Å². The molecule has 1 aliphatic heterocycles. The molecule has 0 bridgehead atoms. The number of aryl methyl sites for hydroxylation is 1. The first-order chi connectivity index (χ1) is 13.7. The molecule has 1 saturated heterocycles. The molecule has 1 aliphatic rings. The number of nitrogens with zero attached hydrogens (tertiary/aromatic N) is 4. The van der Waals surface area contributed by atoms with E-state index in [0.29, 0.717) is 21.6 Å². The molecule has 0 saturated carbocycles. The zero-order chi connectivity index (χ0) is 19.5. The van der Waals surface area contributed by atoms with Gasteiger partial charge in [-0.05, 0) is 32.3 Å². The fourth-order valence-electron chi connectivity index (χ4n) is 3.32. The molecule has 142 valence electrons. The van der Waals surface area contributed by atoms with Crippen molar-refractivity contribution >= 4 is 32.8 Å². The molecule has 3 aromatic rings. The lowest BCUT2D eigenvalue weighted by Crippen LogP contribution is -2.29. The summed E-state index contributed by atoms with van der Waals surface area (Å²) in [6.07, 6.45) is 3.53. The van der Waals surface area contributed by atoms with E-state index in [1.807, 2.05) is 37.3 Å². The molecule has 7 heteroatoms. The fourth-order valence-corrected chi connectivity index (χ4v) is 4.38. The maximum atomic E-state index is 12.6. The van der Waals surface area contributed by atoms with E-state index >= 15 is 0 Å². The van der Waals surface area contributed by atoms with Crippen LogP contribution in [0.5, 0.6) is 0 Å². The number of ether oxygens (including phenoxy) is 1. The number of carbonyl (C=O) groups excluding carboxylic acids is 1. The molecule has 6 nitrogen and oxygen atoms in total. The van der Waals surface area contributed by atoms with Crippen LogP contribution in [0.2, 0.25) is 0 Å². The summed E-state index contributed by atoms with van der Waals surface area (Å²) in [5, 5.41) is 9.64. The Kier molecular flexibility index (Phi) is 5.22. The van der Waals surface area contributed by atoms with E-state index in [0.717, 1.165) is 42.2 Å². The Balaban J connectivity index is 1.81. The van der Waals surface area contributed by atoms with Crippen LogP contribution >= 0.6 is 11.3 Å². The summed E-state index contributed by atoms with van der Waals surface area (Å²) in [5.74, 6) is -0.517. The van der Waals surface area contributed by atoms with Crippen molar-refractivity contribution in [3.05, 3.63) is 41.5 Å². The van der Waals surface area contributed by atoms with Gasteiger partial charge in [-0.3, -0.25) is 0 Å². The number of rotatable bonds is 4. The third-order valence-electron chi connectivity index (χ3n) is 4.81. The molecule has 3 heterocycles. The van der Waals surface area contributed by atoms with Crippen molar-refractivity contribution in [2.24, 2.45) is 0 Å². The highest BCUT2D eigenvalue weighted by atomic mass is 32.1. The van der Waals surface area contributed by atoms with Crippen molar-refractivity contribution in [2.75, 3.05) is 24.6 Å². The Morgan fingerprint density at radius 2 is 1.96 bits per heavy atom. The summed E-state index contributed by atoms with van der Waals surface area (Å²) < 4.78 is 5.80. The molecule has 0 atom stereocenters. The molecule has 28 heavy (non-hydrogen) atoms. The van der Waals surface area contributed by atoms with Crippen LogP contribution in [0, 0.1) is 18.3 Å². The number of thiazole rings is 1. The largest absolute Gasteiger partial charge is 0.447 e. The Morgan fingerprint density at radius 3 is 2.68 bits per heavy atom. The smallest absolute Gasteiger partial charge is 0.340 e. The van der Waals surface area contributed by atoms with E-state index in [9.17, 15) is 4.79 Å². The average Bonchev–Trinajstić information content (AvgIpc) is 3.16. The van der Waals surface area contributed by atoms with Gasteiger partial charge in [-0.25, -0.2) is 9.78 Å². The van der Waals surface area contributed by atoms with Gasteiger partial charge in [-0.1, -0.05) is 41.2 Å². The lowest BCUT2D eigenvalue weighted by Gasteiger charge is -2.25. The molecule has 2 aromatic heterocycles. The van der Waals surface area contributed by atoms with Gasteiger partial charge < -0.3 is 9.64 Å². The van der Waals surface area contributed by atoms with Crippen LogP contribution in [0.1, 0.15) is 35.2 Å². The van der Waals surface area contributed by atoms with E-state index in [4.69, 9.17) is 20.0 Å². The molecule has 0 unspecified atom stereocenters. The van der Waals surface area contributed by atoms with Crippen molar-refractivity contribution in [1.82, 2.24) is 9.97 Å². The zero-order valence-electron chi connectivity index (χ0n) is 15.6. The van der Waals surface area contributed by atoms with E-state index < -0.39 is 5.97 Å². The standard InChI is InChI=1S/C21H20N4O2S/c1-14-5-7-15(8-6-14)17-13-16(20(26)27-12-9-22)18-19(23-17)24-21(28-18)25-10-3-2-4-11-25/h5-8,13H,2-4,10-12H2,1H3. The van der Waals surface area contributed by atoms with E-state index in [2.05, 4.69) is 4.90 Å². The number of hydrogen-bond acceptors (Lipinski definition) is 7. The quantitative estimate of drug-likeness (QED) is 0.615. The van der Waals surface area contributed by atoms with Crippen LogP contribution in [0.3, 0.4) is 0 Å². The molecular formula is C21H20N4O2S. The zero-order valence-corrected chi connectivity index (χ0v) is 16.5. The number of anilines is 1. The Labute approximate surface area is 167 Å². The predicted octanol–water partition coefficient (Wildman–Crippen LogP) is 4.34. The minimum atomic E-state index is -0.517. The molecule has 1 fully saturated rings. The number of carbonyl (C=O) groups is 1. The van der Waals surface area contributed by atoms with Gasteiger partial charge in [0.15, 0.2) is 17.4 Å². The Hall–Kier alpha value is -2.98. The topological polar surface area (TPSA) is 79.1 Å². The summed E-state index contributed by atoms with van der Waals surface area (Å²) in [6, 6.07) is 11.6. The first-order valence-corrected chi connectivity index (χ1v) is 10.1. The van der Waals surface area contributed by atoms with E-state index in [-0.39, 0.29) is 6.61 Å². The number of esters is 1. The van der Waals surface area contributed by atoms with Crippen molar-refractivity contribution < 1.29 is 9.53 Å². The minimum Gasteiger partial charge on any atom is -0.447 e. The van der Waals surface area contributed by atoms with Crippen molar-refractivity contribution in [2.45, 2.75) is 26.2 Å². The minimum absolute atomic E-state index is 0.277. The fraction of sp³-hybridized carbons (Fsp3) is 0.333. The van der Waals surface area contributed by atoms with Crippen LogP contribution in [-0.4, -0.2) is 35.6 Å². The lowest BCUT2D eigenvalue weighted by atomic mass is 10.1. The summed E-state index contributed by atoms with van der Waals surface area (Å²) in [5.41, 5.74) is 3.70. The van der Waals surface area contributed by atoms with Crippen LogP contribution in [0.15, 0.2) is 30.3 Å². The highest BCUT2D eigenvalue weighted by Gasteiger charge is 2.22.